The van der Waals surface area contributed by atoms with Crippen LogP contribution >= 0.6 is 0 Å². The summed E-state index contributed by atoms with van der Waals surface area (Å²) < 4.78 is 0. The summed E-state index contributed by atoms with van der Waals surface area (Å²) in [5.74, 6) is 0. The molecule has 0 unspecified atom stereocenters. The molecule has 148 valence electrons. The third-order valence-electron chi connectivity index (χ3n) is 6.42. The standard InChI is InChI=1S/C24H31N3O/c28-23(27-17-14-24(15-18-27)13-16-25-19-24)26-22-11-9-21(10-12-22)8-4-7-20-5-2-1-3-6-20/h1-3,5-6,9-12,25H,4,7-8,13-19H2,(H,26,28). The third kappa shape index (κ3) is 4.74. The second kappa shape index (κ2) is 8.78. The van der Waals surface area contributed by atoms with E-state index >= 15 is 0 Å². The molecule has 0 aliphatic carbocycles. The first-order valence-corrected chi connectivity index (χ1v) is 10.6. The lowest BCUT2D eigenvalue weighted by Crippen LogP contribution is -2.45. The lowest BCUT2D eigenvalue weighted by Gasteiger charge is -2.38. The first-order valence-electron chi connectivity index (χ1n) is 10.6. The number of anilines is 1. The number of urea groups is 1. The molecular weight excluding hydrogens is 346 g/mol. The molecule has 4 rings (SSSR count). The van der Waals surface area contributed by atoms with E-state index < -0.39 is 0 Å². The molecule has 28 heavy (non-hydrogen) atoms. The van der Waals surface area contributed by atoms with Gasteiger partial charge in [0.25, 0.3) is 0 Å². The fourth-order valence-electron chi connectivity index (χ4n) is 4.51. The maximum absolute atomic E-state index is 12.6. The fourth-order valence-corrected chi connectivity index (χ4v) is 4.51. The van der Waals surface area contributed by atoms with Gasteiger partial charge in [0.05, 0.1) is 0 Å². The van der Waals surface area contributed by atoms with Crippen LogP contribution in [0.1, 0.15) is 36.8 Å². The van der Waals surface area contributed by atoms with E-state index in [1.165, 1.54) is 17.5 Å². The average molecular weight is 378 g/mol. The smallest absolute Gasteiger partial charge is 0.321 e. The van der Waals surface area contributed by atoms with Gasteiger partial charge in [0, 0.05) is 25.3 Å². The topological polar surface area (TPSA) is 44.4 Å². The van der Waals surface area contributed by atoms with E-state index in [0.29, 0.717) is 5.41 Å². The highest BCUT2D eigenvalue weighted by Gasteiger charge is 2.38. The van der Waals surface area contributed by atoms with Crippen molar-refractivity contribution in [3.05, 3.63) is 65.7 Å². The van der Waals surface area contributed by atoms with Crippen molar-refractivity contribution in [1.82, 2.24) is 10.2 Å². The highest BCUT2D eigenvalue weighted by molar-refractivity contribution is 5.89. The van der Waals surface area contributed by atoms with Crippen LogP contribution in [0, 0.1) is 5.41 Å². The molecule has 2 aromatic rings. The minimum absolute atomic E-state index is 0.0395. The number of benzene rings is 2. The van der Waals surface area contributed by atoms with Crippen molar-refractivity contribution in [3.8, 4) is 0 Å². The average Bonchev–Trinajstić information content (AvgIpc) is 3.18. The van der Waals surface area contributed by atoms with E-state index in [2.05, 4.69) is 53.1 Å². The van der Waals surface area contributed by atoms with Gasteiger partial charge in [-0.2, -0.15) is 0 Å². The number of hydrogen-bond acceptors (Lipinski definition) is 2. The van der Waals surface area contributed by atoms with Gasteiger partial charge in [-0.05, 0) is 73.7 Å². The summed E-state index contributed by atoms with van der Waals surface area (Å²) in [5, 5.41) is 6.55. The molecule has 1 spiro atoms. The first kappa shape index (κ1) is 19.0. The fraction of sp³-hybridized carbons (Fsp3) is 0.458. The van der Waals surface area contributed by atoms with Crippen molar-refractivity contribution in [2.24, 2.45) is 5.41 Å². The van der Waals surface area contributed by atoms with Crippen LogP contribution in [0.5, 0.6) is 0 Å². The summed E-state index contributed by atoms with van der Waals surface area (Å²) in [7, 11) is 0. The molecule has 0 radical (unpaired) electrons. The normalized spacial score (nSPS) is 18.4. The summed E-state index contributed by atoms with van der Waals surface area (Å²) in [4.78, 5) is 14.6. The minimum Gasteiger partial charge on any atom is -0.324 e. The zero-order chi connectivity index (χ0) is 19.2. The molecule has 4 nitrogen and oxygen atoms in total. The molecule has 2 saturated heterocycles. The number of piperidine rings is 1. The number of aryl methyl sites for hydroxylation is 2. The maximum Gasteiger partial charge on any atom is 0.321 e. The quantitative estimate of drug-likeness (QED) is 0.807. The lowest BCUT2D eigenvalue weighted by atomic mass is 9.78. The molecule has 2 aromatic carbocycles. The number of nitrogens with one attached hydrogen (secondary N) is 2. The van der Waals surface area contributed by atoms with Crippen LogP contribution in [-0.4, -0.2) is 37.1 Å². The van der Waals surface area contributed by atoms with Crippen LogP contribution in [-0.2, 0) is 12.8 Å². The predicted molar refractivity (Wildman–Crippen MR) is 115 cm³/mol. The predicted octanol–water partition coefficient (Wildman–Crippen LogP) is 4.47. The second-order valence-corrected chi connectivity index (χ2v) is 8.38. The molecule has 0 bridgehead atoms. The Hall–Kier alpha value is -2.33. The monoisotopic (exact) mass is 377 g/mol. The molecule has 2 heterocycles. The Kier molecular flexibility index (Phi) is 5.96. The molecule has 2 amide bonds. The molecule has 2 fully saturated rings. The van der Waals surface area contributed by atoms with E-state index in [0.717, 1.165) is 64.0 Å². The van der Waals surface area contributed by atoms with Gasteiger partial charge in [-0.1, -0.05) is 42.5 Å². The maximum atomic E-state index is 12.6. The number of likely N-dealkylation sites (tertiary alicyclic amines) is 1. The highest BCUT2D eigenvalue weighted by atomic mass is 16.2. The summed E-state index contributed by atoms with van der Waals surface area (Å²) in [6.45, 7) is 3.98. The van der Waals surface area contributed by atoms with Gasteiger partial charge in [-0.3, -0.25) is 0 Å². The van der Waals surface area contributed by atoms with Crippen molar-refractivity contribution in [3.63, 3.8) is 0 Å². The number of hydrogen-bond donors (Lipinski definition) is 2. The van der Waals surface area contributed by atoms with Crippen molar-refractivity contribution >= 4 is 11.7 Å². The summed E-state index contributed by atoms with van der Waals surface area (Å²) >= 11 is 0. The molecule has 2 N–H and O–H groups in total. The van der Waals surface area contributed by atoms with Crippen LogP contribution in [0.3, 0.4) is 0 Å². The van der Waals surface area contributed by atoms with Crippen LogP contribution < -0.4 is 10.6 Å². The number of carbonyl (C=O) groups excluding carboxylic acids is 1. The molecule has 0 saturated carbocycles. The minimum atomic E-state index is 0.0395. The molecule has 0 aromatic heterocycles. The first-order chi connectivity index (χ1) is 13.7. The third-order valence-corrected chi connectivity index (χ3v) is 6.42. The highest BCUT2D eigenvalue weighted by Crippen LogP contribution is 2.37. The summed E-state index contributed by atoms with van der Waals surface area (Å²) in [6, 6.07) is 19.0. The number of rotatable bonds is 5. The van der Waals surface area contributed by atoms with Gasteiger partial charge in [0.15, 0.2) is 0 Å². The molecular formula is C24H31N3O. The van der Waals surface area contributed by atoms with Crippen LogP contribution in [0.25, 0.3) is 0 Å². The molecule has 4 heteroatoms. The Morgan fingerprint density at radius 2 is 1.61 bits per heavy atom. The van der Waals surface area contributed by atoms with E-state index in [4.69, 9.17) is 0 Å². The van der Waals surface area contributed by atoms with Gasteiger partial charge in [-0.25, -0.2) is 4.79 Å². The number of nitrogens with zero attached hydrogens (tertiary/aromatic N) is 1. The van der Waals surface area contributed by atoms with Crippen molar-refractivity contribution in [1.29, 1.82) is 0 Å². The van der Waals surface area contributed by atoms with Crippen molar-refractivity contribution < 1.29 is 4.79 Å². The summed E-state index contributed by atoms with van der Waals surface area (Å²) in [5.41, 5.74) is 4.04. The lowest BCUT2D eigenvalue weighted by molar-refractivity contribution is 0.137. The van der Waals surface area contributed by atoms with Crippen molar-refractivity contribution in [2.75, 3.05) is 31.5 Å². The zero-order valence-corrected chi connectivity index (χ0v) is 16.6. The van der Waals surface area contributed by atoms with E-state index in [1.54, 1.807) is 0 Å². The van der Waals surface area contributed by atoms with Crippen LogP contribution in [0.2, 0.25) is 0 Å². The Morgan fingerprint density at radius 3 is 2.25 bits per heavy atom. The molecule has 0 atom stereocenters. The van der Waals surface area contributed by atoms with E-state index in [1.807, 2.05) is 17.0 Å². The van der Waals surface area contributed by atoms with E-state index in [9.17, 15) is 4.79 Å². The van der Waals surface area contributed by atoms with Gasteiger partial charge in [0.2, 0.25) is 0 Å². The SMILES string of the molecule is O=C(Nc1ccc(CCCc2ccccc2)cc1)N1CCC2(CCNC2)CC1. The Balaban J connectivity index is 1.22. The Morgan fingerprint density at radius 1 is 0.929 bits per heavy atom. The second-order valence-electron chi connectivity index (χ2n) is 8.38. The van der Waals surface area contributed by atoms with Crippen LogP contribution in [0.4, 0.5) is 10.5 Å². The van der Waals surface area contributed by atoms with Gasteiger partial charge in [-0.15, -0.1) is 0 Å². The summed E-state index contributed by atoms with van der Waals surface area (Å²) in [6.07, 6.45) is 6.80. The largest absolute Gasteiger partial charge is 0.324 e. The van der Waals surface area contributed by atoms with Gasteiger partial charge < -0.3 is 15.5 Å². The van der Waals surface area contributed by atoms with Crippen molar-refractivity contribution in [2.45, 2.75) is 38.5 Å². The van der Waals surface area contributed by atoms with Gasteiger partial charge >= 0.3 is 6.03 Å². The zero-order valence-electron chi connectivity index (χ0n) is 16.6. The Labute approximate surface area is 168 Å². The molecule has 2 aliphatic rings. The van der Waals surface area contributed by atoms with E-state index in [-0.39, 0.29) is 6.03 Å². The van der Waals surface area contributed by atoms with Crippen LogP contribution in [0.15, 0.2) is 54.6 Å². The number of amides is 2. The number of carbonyl (C=O) groups is 1. The molecule has 2 aliphatic heterocycles. The van der Waals surface area contributed by atoms with Gasteiger partial charge in [0.1, 0.15) is 0 Å². The Bertz CT molecular complexity index is 756.